The van der Waals surface area contributed by atoms with Crippen molar-refractivity contribution in [3.05, 3.63) is 23.8 Å². The van der Waals surface area contributed by atoms with Crippen LogP contribution in [0.25, 0.3) is 0 Å². The predicted molar refractivity (Wildman–Crippen MR) is 67.5 cm³/mol. The zero-order chi connectivity index (χ0) is 12.1. The largest absolute Gasteiger partial charge is 0.490 e. The van der Waals surface area contributed by atoms with Gasteiger partial charge in [0.25, 0.3) is 0 Å². The lowest BCUT2D eigenvalue weighted by Gasteiger charge is -2.15. The Balaban J connectivity index is 2.11. The minimum absolute atomic E-state index is 0.00731. The van der Waals surface area contributed by atoms with Crippen molar-refractivity contribution in [2.75, 3.05) is 26.3 Å². The molecule has 4 nitrogen and oxygen atoms in total. The summed E-state index contributed by atoms with van der Waals surface area (Å²) in [5, 5.41) is 3.24. The Hall–Kier alpha value is -1.26. The number of nitrogens with two attached hydrogens (primary N) is 1. The number of benzene rings is 1. The molecule has 0 radical (unpaired) electrons. The van der Waals surface area contributed by atoms with E-state index in [9.17, 15) is 0 Å². The van der Waals surface area contributed by atoms with Gasteiger partial charge in [0.2, 0.25) is 0 Å². The highest BCUT2D eigenvalue weighted by Gasteiger charge is 2.13. The molecule has 1 unspecified atom stereocenters. The van der Waals surface area contributed by atoms with Gasteiger partial charge in [-0.2, -0.15) is 0 Å². The van der Waals surface area contributed by atoms with E-state index in [2.05, 4.69) is 12.2 Å². The number of likely N-dealkylation sites (N-methyl/N-ethyl adjacent to an activating group) is 1. The monoisotopic (exact) mass is 236 g/mol. The molecular formula is C13H20N2O2. The van der Waals surface area contributed by atoms with Crippen molar-refractivity contribution in [2.24, 2.45) is 5.73 Å². The predicted octanol–water partition coefficient (Wildman–Crippen LogP) is 1.46. The van der Waals surface area contributed by atoms with Crippen molar-refractivity contribution in [2.45, 2.75) is 19.4 Å². The maximum atomic E-state index is 6.09. The van der Waals surface area contributed by atoms with Crippen molar-refractivity contribution in [1.82, 2.24) is 5.32 Å². The molecule has 4 heteroatoms. The van der Waals surface area contributed by atoms with Gasteiger partial charge in [-0.05, 0) is 24.2 Å². The Bertz CT molecular complexity index is 368. The second kappa shape index (κ2) is 5.89. The molecule has 0 amide bonds. The molecule has 0 fully saturated rings. The van der Waals surface area contributed by atoms with E-state index in [1.54, 1.807) is 0 Å². The van der Waals surface area contributed by atoms with Crippen LogP contribution in [0.5, 0.6) is 11.5 Å². The summed E-state index contributed by atoms with van der Waals surface area (Å²) in [4.78, 5) is 0. The van der Waals surface area contributed by atoms with E-state index >= 15 is 0 Å². The van der Waals surface area contributed by atoms with Gasteiger partial charge in [0.1, 0.15) is 0 Å². The molecule has 0 bridgehead atoms. The van der Waals surface area contributed by atoms with Gasteiger partial charge in [-0.1, -0.05) is 13.0 Å². The summed E-state index contributed by atoms with van der Waals surface area (Å²) in [5.41, 5.74) is 7.17. The van der Waals surface area contributed by atoms with Crippen molar-refractivity contribution >= 4 is 0 Å². The topological polar surface area (TPSA) is 56.5 Å². The Kier molecular flexibility index (Phi) is 4.23. The molecule has 1 aliphatic heterocycles. The van der Waals surface area contributed by atoms with Crippen LogP contribution in [-0.2, 0) is 0 Å². The van der Waals surface area contributed by atoms with Gasteiger partial charge in [0.05, 0.1) is 13.2 Å². The van der Waals surface area contributed by atoms with Crippen molar-refractivity contribution in [3.63, 3.8) is 0 Å². The van der Waals surface area contributed by atoms with E-state index in [0.29, 0.717) is 6.61 Å². The Labute approximate surface area is 102 Å². The average molecular weight is 236 g/mol. The van der Waals surface area contributed by atoms with E-state index in [0.717, 1.165) is 43.2 Å². The Morgan fingerprint density at radius 2 is 2.06 bits per heavy atom. The maximum absolute atomic E-state index is 6.09. The van der Waals surface area contributed by atoms with E-state index in [1.165, 1.54) is 0 Å². The molecule has 0 aliphatic carbocycles. The summed E-state index contributed by atoms with van der Waals surface area (Å²) < 4.78 is 11.2. The molecule has 3 N–H and O–H groups in total. The second-order valence-electron chi connectivity index (χ2n) is 4.17. The highest BCUT2D eigenvalue weighted by atomic mass is 16.5. The lowest BCUT2D eigenvalue weighted by molar-refractivity contribution is 0.297. The zero-order valence-corrected chi connectivity index (χ0v) is 10.2. The molecule has 0 aromatic heterocycles. The van der Waals surface area contributed by atoms with Crippen LogP contribution in [0.3, 0.4) is 0 Å². The number of ether oxygens (including phenoxy) is 2. The van der Waals surface area contributed by atoms with Crippen LogP contribution >= 0.6 is 0 Å². The van der Waals surface area contributed by atoms with E-state index in [1.807, 2.05) is 18.2 Å². The fraction of sp³-hybridized carbons (Fsp3) is 0.538. The molecule has 1 aromatic carbocycles. The van der Waals surface area contributed by atoms with Gasteiger partial charge in [0.15, 0.2) is 11.5 Å². The van der Waals surface area contributed by atoms with E-state index < -0.39 is 0 Å². The normalized spacial score (nSPS) is 16.4. The van der Waals surface area contributed by atoms with Gasteiger partial charge < -0.3 is 20.5 Å². The summed E-state index contributed by atoms with van der Waals surface area (Å²) in [5.74, 6) is 1.63. The van der Waals surface area contributed by atoms with Crippen LogP contribution in [0, 0.1) is 0 Å². The first-order chi connectivity index (χ1) is 8.31. The lowest BCUT2D eigenvalue weighted by Crippen LogP contribution is -2.26. The zero-order valence-electron chi connectivity index (χ0n) is 10.2. The summed E-state index contributed by atoms with van der Waals surface area (Å²) in [6.45, 7) is 5.20. The number of fused-ring (bicyclic) bond motifs is 1. The number of hydrogen-bond donors (Lipinski definition) is 2. The van der Waals surface area contributed by atoms with Crippen molar-refractivity contribution < 1.29 is 9.47 Å². The molecule has 1 heterocycles. The van der Waals surface area contributed by atoms with Gasteiger partial charge in [-0.25, -0.2) is 0 Å². The summed E-state index contributed by atoms with van der Waals surface area (Å²) in [6.07, 6.45) is 0.924. The molecular weight excluding hydrogens is 216 g/mol. The van der Waals surface area contributed by atoms with Gasteiger partial charge in [0, 0.05) is 19.0 Å². The van der Waals surface area contributed by atoms with Gasteiger partial charge in [-0.3, -0.25) is 0 Å². The van der Waals surface area contributed by atoms with Crippen LogP contribution < -0.4 is 20.5 Å². The molecule has 2 rings (SSSR count). The van der Waals surface area contributed by atoms with Gasteiger partial charge in [-0.15, -0.1) is 0 Å². The SMILES string of the molecule is CCNCC(N)c1ccc2c(c1)OCCCO2. The van der Waals surface area contributed by atoms with Crippen LogP contribution in [-0.4, -0.2) is 26.3 Å². The van der Waals surface area contributed by atoms with Crippen LogP contribution in [0.15, 0.2) is 18.2 Å². The Morgan fingerprint density at radius 1 is 1.29 bits per heavy atom. The minimum Gasteiger partial charge on any atom is -0.490 e. The van der Waals surface area contributed by atoms with Crippen molar-refractivity contribution in [3.8, 4) is 11.5 Å². The summed E-state index contributed by atoms with van der Waals surface area (Å²) in [7, 11) is 0. The van der Waals surface area contributed by atoms with Crippen LogP contribution in [0.1, 0.15) is 24.9 Å². The van der Waals surface area contributed by atoms with Crippen LogP contribution in [0.4, 0.5) is 0 Å². The molecule has 0 spiro atoms. The maximum Gasteiger partial charge on any atom is 0.161 e. The molecule has 0 saturated heterocycles. The number of rotatable bonds is 4. The summed E-state index contributed by atoms with van der Waals surface area (Å²) in [6, 6.07) is 5.94. The molecule has 1 aromatic rings. The summed E-state index contributed by atoms with van der Waals surface area (Å²) >= 11 is 0. The standard InChI is InChI=1S/C13H20N2O2/c1-2-15-9-11(14)10-4-5-12-13(8-10)17-7-3-6-16-12/h4-5,8,11,15H,2-3,6-7,9,14H2,1H3. The first-order valence-corrected chi connectivity index (χ1v) is 6.17. The third-order valence-corrected chi connectivity index (χ3v) is 2.81. The molecule has 0 saturated carbocycles. The average Bonchev–Trinajstić information content (AvgIpc) is 2.60. The second-order valence-corrected chi connectivity index (χ2v) is 4.17. The third kappa shape index (κ3) is 3.11. The Morgan fingerprint density at radius 3 is 2.82 bits per heavy atom. The highest BCUT2D eigenvalue weighted by molar-refractivity contribution is 5.44. The molecule has 1 aliphatic rings. The van der Waals surface area contributed by atoms with E-state index in [4.69, 9.17) is 15.2 Å². The first-order valence-electron chi connectivity index (χ1n) is 6.17. The number of hydrogen-bond acceptors (Lipinski definition) is 4. The fourth-order valence-corrected chi connectivity index (χ4v) is 1.83. The van der Waals surface area contributed by atoms with Crippen LogP contribution in [0.2, 0.25) is 0 Å². The lowest BCUT2D eigenvalue weighted by atomic mass is 10.1. The third-order valence-electron chi connectivity index (χ3n) is 2.81. The quantitative estimate of drug-likeness (QED) is 0.831. The fourth-order valence-electron chi connectivity index (χ4n) is 1.83. The molecule has 17 heavy (non-hydrogen) atoms. The number of nitrogens with one attached hydrogen (secondary N) is 1. The molecule has 94 valence electrons. The van der Waals surface area contributed by atoms with E-state index in [-0.39, 0.29) is 6.04 Å². The molecule has 1 atom stereocenters. The highest BCUT2D eigenvalue weighted by Crippen LogP contribution is 2.31. The first kappa shape index (κ1) is 12.2. The minimum atomic E-state index is -0.00731. The smallest absolute Gasteiger partial charge is 0.161 e. The van der Waals surface area contributed by atoms with Gasteiger partial charge >= 0.3 is 0 Å². The van der Waals surface area contributed by atoms with Crippen molar-refractivity contribution in [1.29, 1.82) is 0 Å².